The minimum atomic E-state index is -0.765. The zero-order valence-electron chi connectivity index (χ0n) is 16.5. The average molecular weight is 346 g/mol. The fourth-order valence-electron chi connectivity index (χ4n) is 3.13. The van der Waals surface area contributed by atoms with Crippen molar-refractivity contribution in [3.05, 3.63) is 22.7 Å². The van der Waals surface area contributed by atoms with Gasteiger partial charge in [-0.3, -0.25) is 9.59 Å². The molecule has 138 valence electrons. The number of allylic oxidation sites excluding steroid dienone is 4. The number of hydrogen-bond donors (Lipinski definition) is 0. The van der Waals surface area contributed by atoms with E-state index in [-0.39, 0.29) is 11.6 Å². The Labute approximate surface area is 152 Å². The molecule has 2 aliphatic rings. The van der Waals surface area contributed by atoms with Crippen molar-refractivity contribution >= 4 is 18.7 Å². The molecule has 5 heteroatoms. The Kier molecular flexibility index (Phi) is 6.11. The van der Waals surface area contributed by atoms with Gasteiger partial charge in [0, 0.05) is 16.6 Å². The van der Waals surface area contributed by atoms with Gasteiger partial charge in [-0.15, -0.1) is 0 Å². The van der Waals surface area contributed by atoms with Gasteiger partial charge < -0.3 is 9.31 Å². The summed E-state index contributed by atoms with van der Waals surface area (Å²) in [4.78, 5) is 25.8. The lowest BCUT2D eigenvalue weighted by Crippen LogP contribution is -2.41. The summed E-state index contributed by atoms with van der Waals surface area (Å²) in [7, 11) is -0.765. The van der Waals surface area contributed by atoms with Crippen LogP contribution in [0.2, 0.25) is 0 Å². The van der Waals surface area contributed by atoms with Crippen LogP contribution in [-0.2, 0) is 18.9 Å². The first kappa shape index (κ1) is 20.1. The number of rotatable bonds is 7. The second kappa shape index (κ2) is 7.59. The predicted octanol–water partition coefficient (Wildman–Crippen LogP) is 4.37. The highest BCUT2D eigenvalue weighted by molar-refractivity contribution is 6.65. The number of carbonyl (C=O) groups excluding carboxylic acids is 2. The summed E-state index contributed by atoms with van der Waals surface area (Å²) in [6, 6.07) is 0. The molecule has 0 saturated carbocycles. The maximum Gasteiger partial charge on any atom is 0.499 e. The molecule has 1 saturated heterocycles. The standard InChI is InChI=1S/C20H31BO4/c1-7-9-11-14-13-16(22)15(12-10-8-2)17(18(14)23)21-24-19(3,4)20(5,6)25-21/h13H,7-12H2,1-6H3. The summed E-state index contributed by atoms with van der Waals surface area (Å²) in [5.41, 5.74) is 0.538. The Hall–Kier alpha value is -1.20. The smallest absolute Gasteiger partial charge is 0.399 e. The van der Waals surface area contributed by atoms with Crippen LogP contribution in [0.1, 0.15) is 80.1 Å². The van der Waals surface area contributed by atoms with E-state index in [9.17, 15) is 9.59 Å². The van der Waals surface area contributed by atoms with E-state index in [2.05, 4.69) is 13.8 Å². The van der Waals surface area contributed by atoms with Crippen LogP contribution in [0.4, 0.5) is 0 Å². The second-order valence-corrected chi connectivity index (χ2v) is 8.05. The van der Waals surface area contributed by atoms with Crippen LogP contribution in [0.3, 0.4) is 0 Å². The molecule has 4 nitrogen and oxygen atoms in total. The van der Waals surface area contributed by atoms with Crippen molar-refractivity contribution in [1.82, 2.24) is 0 Å². The minimum Gasteiger partial charge on any atom is -0.399 e. The lowest BCUT2D eigenvalue weighted by Gasteiger charge is -2.32. The van der Waals surface area contributed by atoms with Gasteiger partial charge in [-0.1, -0.05) is 26.7 Å². The third-order valence-electron chi connectivity index (χ3n) is 5.53. The molecule has 1 heterocycles. The molecule has 25 heavy (non-hydrogen) atoms. The molecule has 0 atom stereocenters. The summed E-state index contributed by atoms with van der Waals surface area (Å²) in [6.45, 7) is 12.0. The van der Waals surface area contributed by atoms with Crippen LogP contribution in [0.25, 0.3) is 0 Å². The van der Waals surface area contributed by atoms with Crippen molar-refractivity contribution < 1.29 is 18.9 Å². The summed E-state index contributed by atoms with van der Waals surface area (Å²) >= 11 is 0. The van der Waals surface area contributed by atoms with Crippen LogP contribution < -0.4 is 0 Å². The number of hydrogen-bond acceptors (Lipinski definition) is 4. The minimum absolute atomic E-state index is 0.0520. The van der Waals surface area contributed by atoms with E-state index in [4.69, 9.17) is 9.31 Å². The summed E-state index contributed by atoms with van der Waals surface area (Å²) in [5, 5.41) is 0. The van der Waals surface area contributed by atoms with Gasteiger partial charge in [0.1, 0.15) is 0 Å². The third-order valence-corrected chi connectivity index (χ3v) is 5.53. The van der Waals surface area contributed by atoms with Crippen molar-refractivity contribution in [2.24, 2.45) is 0 Å². The Morgan fingerprint density at radius 1 is 0.920 bits per heavy atom. The Balaban J connectivity index is 2.40. The molecule has 1 fully saturated rings. The van der Waals surface area contributed by atoms with Gasteiger partial charge in [-0.05, 0) is 59.5 Å². The number of ketones is 2. The Morgan fingerprint density at radius 2 is 1.44 bits per heavy atom. The molecule has 0 aromatic rings. The van der Waals surface area contributed by atoms with Crippen LogP contribution in [0, 0.1) is 0 Å². The van der Waals surface area contributed by atoms with Crippen LogP contribution in [-0.4, -0.2) is 29.9 Å². The van der Waals surface area contributed by atoms with Gasteiger partial charge in [0.15, 0.2) is 11.6 Å². The highest BCUT2D eigenvalue weighted by atomic mass is 16.7. The fraction of sp³-hybridized carbons (Fsp3) is 0.700. The zero-order valence-corrected chi connectivity index (χ0v) is 16.5. The first-order valence-electron chi connectivity index (χ1n) is 9.53. The van der Waals surface area contributed by atoms with Crippen LogP contribution >= 0.6 is 0 Å². The number of carbonyl (C=O) groups is 2. The summed E-state index contributed by atoms with van der Waals surface area (Å²) in [6.07, 6.45) is 6.48. The SMILES string of the molecule is CCCCC1=CC(=O)C(CCCC)=C(B2OC(C)(C)C(C)(C)O2)C1=O. The van der Waals surface area contributed by atoms with E-state index in [1.54, 1.807) is 0 Å². The van der Waals surface area contributed by atoms with E-state index >= 15 is 0 Å². The number of Topliss-reactive ketones (excluding diaryl/α,β-unsaturated/α-hetero) is 1. The molecule has 0 aromatic carbocycles. The quantitative estimate of drug-likeness (QED) is 0.507. The molecular weight excluding hydrogens is 315 g/mol. The normalized spacial score (nSPS) is 22.6. The van der Waals surface area contributed by atoms with Gasteiger partial charge in [-0.2, -0.15) is 0 Å². The maximum atomic E-state index is 13.1. The van der Waals surface area contributed by atoms with Gasteiger partial charge in [0.05, 0.1) is 11.2 Å². The maximum absolute atomic E-state index is 13.1. The average Bonchev–Trinajstić information content (AvgIpc) is 2.73. The van der Waals surface area contributed by atoms with E-state index in [1.165, 1.54) is 6.08 Å². The molecule has 0 aromatic heterocycles. The van der Waals surface area contributed by atoms with E-state index < -0.39 is 18.3 Å². The molecule has 0 unspecified atom stereocenters. The van der Waals surface area contributed by atoms with E-state index in [1.807, 2.05) is 27.7 Å². The lowest BCUT2D eigenvalue weighted by molar-refractivity contribution is -0.115. The van der Waals surface area contributed by atoms with E-state index in [0.29, 0.717) is 29.5 Å². The lowest BCUT2D eigenvalue weighted by atomic mass is 9.67. The molecule has 2 rings (SSSR count). The van der Waals surface area contributed by atoms with Gasteiger partial charge >= 0.3 is 7.12 Å². The molecule has 0 amide bonds. The largest absolute Gasteiger partial charge is 0.499 e. The highest BCUT2D eigenvalue weighted by Gasteiger charge is 2.55. The highest BCUT2D eigenvalue weighted by Crippen LogP contribution is 2.41. The van der Waals surface area contributed by atoms with E-state index in [0.717, 1.165) is 25.7 Å². The van der Waals surface area contributed by atoms with Crippen molar-refractivity contribution in [2.75, 3.05) is 0 Å². The third kappa shape index (κ3) is 3.98. The zero-order chi connectivity index (χ0) is 18.8. The summed E-state index contributed by atoms with van der Waals surface area (Å²) < 4.78 is 12.2. The second-order valence-electron chi connectivity index (χ2n) is 8.05. The predicted molar refractivity (Wildman–Crippen MR) is 100 cm³/mol. The number of unbranched alkanes of at least 4 members (excludes halogenated alkanes) is 2. The fourth-order valence-corrected chi connectivity index (χ4v) is 3.13. The Bertz CT molecular complexity index is 597. The molecule has 0 radical (unpaired) electrons. The first-order valence-corrected chi connectivity index (χ1v) is 9.53. The molecule has 1 aliphatic heterocycles. The van der Waals surface area contributed by atoms with Crippen LogP contribution in [0.15, 0.2) is 22.7 Å². The van der Waals surface area contributed by atoms with Crippen LogP contribution in [0.5, 0.6) is 0 Å². The monoisotopic (exact) mass is 346 g/mol. The van der Waals surface area contributed by atoms with Crippen molar-refractivity contribution in [3.63, 3.8) is 0 Å². The summed E-state index contributed by atoms with van der Waals surface area (Å²) in [5.74, 6) is -0.124. The van der Waals surface area contributed by atoms with Crippen molar-refractivity contribution in [3.8, 4) is 0 Å². The van der Waals surface area contributed by atoms with Crippen molar-refractivity contribution in [2.45, 2.75) is 91.3 Å². The van der Waals surface area contributed by atoms with Gasteiger partial charge in [0.25, 0.3) is 0 Å². The van der Waals surface area contributed by atoms with Crippen molar-refractivity contribution in [1.29, 1.82) is 0 Å². The molecule has 0 N–H and O–H groups in total. The molecule has 0 bridgehead atoms. The topological polar surface area (TPSA) is 52.6 Å². The van der Waals surface area contributed by atoms with Gasteiger partial charge in [-0.25, -0.2) is 0 Å². The molecule has 1 aliphatic carbocycles. The first-order chi connectivity index (χ1) is 11.6. The Morgan fingerprint density at radius 3 is 1.96 bits per heavy atom. The molecule has 0 spiro atoms. The molecular formula is C20H31BO4. The van der Waals surface area contributed by atoms with Gasteiger partial charge in [0.2, 0.25) is 0 Å².